The third-order valence-electron chi connectivity index (χ3n) is 11.8. The third-order valence-corrected chi connectivity index (χ3v) is 11.8. The van der Waals surface area contributed by atoms with Gasteiger partial charge in [-0.3, -0.25) is 0 Å². The standard InChI is InChI=1S/C50H38O4/c1-49(41-26-22-31-12-3-7-18-37(31)45(41)51,42-27-23-32-13-4-8-19-38(32)46(42)52)35-16-11-17-36(30-35)50(2,43-28-24-33-14-5-9-20-39(33)47(43)53)44-29-25-34-15-6-10-21-40(34)48(44)54/h3-30,51-54H,1-2H3. The van der Waals surface area contributed by atoms with Crippen molar-refractivity contribution < 1.29 is 20.4 Å². The summed E-state index contributed by atoms with van der Waals surface area (Å²) in [6, 6.07) is 54.9. The van der Waals surface area contributed by atoms with Gasteiger partial charge in [-0.1, -0.05) is 170 Å². The lowest BCUT2D eigenvalue weighted by Gasteiger charge is -2.37. The van der Waals surface area contributed by atoms with E-state index >= 15 is 0 Å². The average molecular weight is 703 g/mol. The first-order valence-corrected chi connectivity index (χ1v) is 18.2. The molecule has 0 amide bonds. The molecule has 0 spiro atoms. The van der Waals surface area contributed by atoms with E-state index in [1.165, 1.54) is 0 Å². The van der Waals surface area contributed by atoms with Crippen LogP contribution in [0.25, 0.3) is 43.1 Å². The minimum Gasteiger partial charge on any atom is -0.507 e. The minimum atomic E-state index is -1.07. The molecule has 4 heteroatoms. The molecule has 0 heterocycles. The van der Waals surface area contributed by atoms with Gasteiger partial charge in [-0.15, -0.1) is 0 Å². The van der Waals surface area contributed by atoms with Crippen molar-refractivity contribution in [2.24, 2.45) is 0 Å². The Kier molecular flexibility index (Phi) is 7.61. The van der Waals surface area contributed by atoms with Crippen molar-refractivity contribution in [2.45, 2.75) is 24.7 Å². The van der Waals surface area contributed by atoms with E-state index in [-0.39, 0.29) is 23.0 Å². The largest absolute Gasteiger partial charge is 0.507 e. The van der Waals surface area contributed by atoms with E-state index < -0.39 is 10.8 Å². The van der Waals surface area contributed by atoms with Gasteiger partial charge < -0.3 is 20.4 Å². The second kappa shape index (κ2) is 12.4. The van der Waals surface area contributed by atoms with Gasteiger partial charge in [0.15, 0.2) is 0 Å². The van der Waals surface area contributed by atoms with Gasteiger partial charge in [0.05, 0.1) is 0 Å². The first-order valence-electron chi connectivity index (χ1n) is 18.2. The highest BCUT2D eigenvalue weighted by Crippen LogP contribution is 2.53. The molecule has 0 aliphatic rings. The van der Waals surface area contributed by atoms with Crippen molar-refractivity contribution in [3.8, 4) is 23.0 Å². The molecule has 262 valence electrons. The number of hydrogen-bond acceptors (Lipinski definition) is 4. The monoisotopic (exact) mass is 702 g/mol. The number of benzene rings is 9. The van der Waals surface area contributed by atoms with Crippen LogP contribution in [0.3, 0.4) is 0 Å². The molecule has 9 rings (SSSR count). The van der Waals surface area contributed by atoms with Crippen molar-refractivity contribution in [3.05, 3.63) is 203 Å². The molecule has 4 nitrogen and oxygen atoms in total. The smallest absolute Gasteiger partial charge is 0.127 e. The van der Waals surface area contributed by atoms with E-state index in [0.717, 1.165) is 32.7 Å². The Morgan fingerprint density at radius 2 is 0.556 bits per heavy atom. The van der Waals surface area contributed by atoms with Crippen LogP contribution in [0.4, 0.5) is 0 Å². The molecule has 0 saturated carbocycles. The van der Waals surface area contributed by atoms with E-state index in [2.05, 4.69) is 6.07 Å². The van der Waals surface area contributed by atoms with Crippen LogP contribution in [0.1, 0.15) is 47.2 Å². The highest BCUT2D eigenvalue weighted by molar-refractivity contribution is 5.94. The third kappa shape index (κ3) is 4.84. The average Bonchev–Trinajstić information content (AvgIpc) is 3.21. The number of phenolic OH excluding ortho intramolecular Hbond substituents is 4. The molecule has 4 N–H and O–H groups in total. The van der Waals surface area contributed by atoms with Crippen molar-refractivity contribution in [1.29, 1.82) is 0 Å². The summed E-state index contributed by atoms with van der Waals surface area (Å²) < 4.78 is 0. The number of aromatic hydroxyl groups is 4. The molecule has 0 saturated heterocycles. The molecule has 0 unspecified atom stereocenters. The summed E-state index contributed by atoms with van der Waals surface area (Å²) in [4.78, 5) is 0. The van der Waals surface area contributed by atoms with E-state index in [1.807, 2.05) is 178 Å². The summed E-state index contributed by atoms with van der Waals surface area (Å²) in [6.45, 7) is 4.08. The number of phenols is 4. The Morgan fingerprint density at radius 3 is 0.833 bits per heavy atom. The maximum absolute atomic E-state index is 12.1. The lowest BCUT2D eigenvalue weighted by molar-refractivity contribution is 0.447. The second-order valence-corrected chi connectivity index (χ2v) is 14.6. The summed E-state index contributed by atoms with van der Waals surface area (Å²) in [5.74, 6) is 0.540. The van der Waals surface area contributed by atoms with Crippen LogP contribution in [0.5, 0.6) is 23.0 Å². The highest BCUT2D eigenvalue weighted by Gasteiger charge is 2.41. The fourth-order valence-corrected chi connectivity index (χ4v) is 8.69. The lowest BCUT2D eigenvalue weighted by Crippen LogP contribution is -2.29. The van der Waals surface area contributed by atoms with Crippen molar-refractivity contribution in [3.63, 3.8) is 0 Å². The Balaban J connectivity index is 1.36. The lowest BCUT2D eigenvalue weighted by atomic mass is 9.66. The Bertz CT molecular complexity index is 2560. The molecule has 0 fully saturated rings. The number of rotatable bonds is 6. The molecule has 0 aromatic heterocycles. The van der Waals surface area contributed by atoms with E-state index in [1.54, 1.807) is 0 Å². The highest BCUT2D eigenvalue weighted by atomic mass is 16.3. The van der Waals surface area contributed by atoms with Gasteiger partial charge in [0.1, 0.15) is 23.0 Å². The molecule has 0 aliphatic carbocycles. The van der Waals surface area contributed by atoms with Crippen LogP contribution in [0.2, 0.25) is 0 Å². The normalized spacial score (nSPS) is 12.2. The van der Waals surface area contributed by atoms with Crippen LogP contribution >= 0.6 is 0 Å². The molecule has 0 radical (unpaired) electrons. The second-order valence-electron chi connectivity index (χ2n) is 14.6. The van der Waals surface area contributed by atoms with Crippen LogP contribution in [0.15, 0.2) is 170 Å². The summed E-state index contributed by atoms with van der Waals surface area (Å²) in [5, 5.41) is 55.0. The van der Waals surface area contributed by atoms with E-state index in [9.17, 15) is 20.4 Å². The van der Waals surface area contributed by atoms with Gasteiger partial charge >= 0.3 is 0 Å². The number of hydrogen-bond donors (Lipinski definition) is 4. The molecule has 0 bridgehead atoms. The first kappa shape index (κ1) is 33.1. The van der Waals surface area contributed by atoms with Crippen LogP contribution < -0.4 is 0 Å². The molecular weight excluding hydrogens is 665 g/mol. The zero-order chi connectivity index (χ0) is 37.2. The summed E-state index contributed by atoms with van der Waals surface area (Å²) >= 11 is 0. The fourth-order valence-electron chi connectivity index (χ4n) is 8.69. The quantitative estimate of drug-likeness (QED) is 0.130. The van der Waals surface area contributed by atoms with E-state index in [0.29, 0.717) is 43.8 Å². The van der Waals surface area contributed by atoms with Crippen molar-refractivity contribution in [1.82, 2.24) is 0 Å². The van der Waals surface area contributed by atoms with Crippen LogP contribution in [-0.4, -0.2) is 20.4 Å². The van der Waals surface area contributed by atoms with Crippen molar-refractivity contribution >= 4 is 43.1 Å². The van der Waals surface area contributed by atoms with Gasteiger partial charge in [0.2, 0.25) is 0 Å². The van der Waals surface area contributed by atoms with Gasteiger partial charge in [0, 0.05) is 54.6 Å². The SMILES string of the molecule is CC(c1cccc(C(C)(c2ccc3ccccc3c2O)c2ccc3ccccc3c2O)c1)(c1ccc2ccccc2c1O)c1ccc2ccccc2c1O. The summed E-state index contributed by atoms with van der Waals surface area (Å²) in [5.41, 5.74) is 2.00. The topological polar surface area (TPSA) is 80.9 Å². The first-order chi connectivity index (χ1) is 26.2. The Morgan fingerprint density at radius 1 is 0.296 bits per heavy atom. The number of fused-ring (bicyclic) bond motifs is 4. The Labute approximate surface area is 313 Å². The Hall–Kier alpha value is -6.78. The van der Waals surface area contributed by atoms with Crippen molar-refractivity contribution in [2.75, 3.05) is 0 Å². The van der Waals surface area contributed by atoms with Gasteiger partial charge in [0.25, 0.3) is 0 Å². The van der Waals surface area contributed by atoms with E-state index in [4.69, 9.17) is 0 Å². The minimum absolute atomic E-state index is 0.135. The predicted molar refractivity (Wildman–Crippen MR) is 220 cm³/mol. The fraction of sp³-hybridized carbons (Fsp3) is 0.0800. The van der Waals surface area contributed by atoms with Crippen LogP contribution in [-0.2, 0) is 10.8 Å². The predicted octanol–water partition coefficient (Wildman–Crippen LogP) is 11.8. The maximum atomic E-state index is 12.1. The van der Waals surface area contributed by atoms with Gasteiger partial charge in [-0.25, -0.2) is 0 Å². The van der Waals surface area contributed by atoms with Gasteiger partial charge in [-0.05, 0) is 46.5 Å². The zero-order valence-corrected chi connectivity index (χ0v) is 30.0. The van der Waals surface area contributed by atoms with Gasteiger partial charge in [-0.2, -0.15) is 0 Å². The summed E-state index contributed by atoms with van der Waals surface area (Å²) in [7, 11) is 0. The summed E-state index contributed by atoms with van der Waals surface area (Å²) in [6.07, 6.45) is 0. The molecule has 9 aromatic carbocycles. The maximum Gasteiger partial charge on any atom is 0.127 e. The molecule has 54 heavy (non-hydrogen) atoms. The zero-order valence-electron chi connectivity index (χ0n) is 30.0. The molecular formula is C50H38O4. The molecule has 0 atom stereocenters. The molecule has 0 aliphatic heterocycles. The van der Waals surface area contributed by atoms with Crippen LogP contribution in [0, 0.1) is 0 Å². The molecule has 9 aromatic rings.